The van der Waals surface area contributed by atoms with Crippen molar-refractivity contribution >= 4 is 17.3 Å². The number of halogens is 4. The zero-order chi connectivity index (χ0) is 14.6. The van der Waals surface area contributed by atoms with Crippen LogP contribution in [0.25, 0.3) is 0 Å². The van der Waals surface area contributed by atoms with Crippen LogP contribution in [-0.2, 0) is 17.6 Å². The molecule has 2 rings (SSSR count). The average Bonchev–Trinajstić information content (AvgIpc) is 2.40. The Kier molecular flexibility index (Phi) is 4.52. The van der Waals surface area contributed by atoms with Crippen LogP contribution in [0.1, 0.15) is 11.1 Å². The second kappa shape index (κ2) is 6.15. The molecule has 106 valence electrons. The summed E-state index contributed by atoms with van der Waals surface area (Å²) in [4.78, 5) is 5.15. The molecular formula is C14H11ClF3NO. The van der Waals surface area contributed by atoms with Crippen molar-refractivity contribution in [3.05, 3.63) is 64.7 Å². The molecule has 0 bridgehead atoms. The predicted octanol–water partition coefficient (Wildman–Crippen LogP) is 4.90. The molecule has 0 radical (unpaired) electrons. The highest BCUT2D eigenvalue weighted by Crippen LogP contribution is 2.36. The van der Waals surface area contributed by atoms with Crippen LogP contribution in [0.15, 0.2) is 48.5 Å². The number of nitrogens with one attached hydrogen (secondary N) is 1. The summed E-state index contributed by atoms with van der Waals surface area (Å²) in [6, 6.07) is 12.8. The standard InChI is InChI=1S/C14H11ClF3NO/c15-13-7-6-11(8-12(13)14(16,17)18)19-20-9-10-4-2-1-3-5-10/h1-8,19H,9H2. The summed E-state index contributed by atoms with van der Waals surface area (Å²) >= 11 is 5.52. The molecule has 0 heterocycles. The largest absolute Gasteiger partial charge is 0.417 e. The smallest absolute Gasteiger partial charge is 0.271 e. The fourth-order valence-corrected chi connectivity index (χ4v) is 1.81. The molecule has 2 aromatic carbocycles. The van der Waals surface area contributed by atoms with Crippen LogP contribution in [0.5, 0.6) is 0 Å². The minimum Gasteiger partial charge on any atom is -0.271 e. The molecular weight excluding hydrogens is 291 g/mol. The fourth-order valence-electron chi connectivity index (χ4n) is 1.58. The molecule has 2 aromatic rings. The predicted molar refractivity (Wildman–Crippen MR) is 71.3 cm³/mol. The molecule has 20 heavy (non-hydrogen) atoms. The van der Waals surface area contributed by atoms with E-state index in [1.807, 2.05) is 30.3 Å². The lowest BCUT2D eigenvalue weighted by atomic mass is 10.2. The Balaban J connectivity index is 2.00. The lowest BCUT2D eigenvalue weighted by Crippen LogP contribution is -2.08. The molecule has 0 aliphatic carbocycles. The van der Waals surface area contributed by atoms with Gasteiger partial charge in [0.2, 0.25) is 0 Å². The SMILES string of the molecule is FC(F)(F)c1cc(NOCc2ccccc2)ccc1Cl. The van der Waals surface area contributed by atoms with E-state index >= 15 is 0 Å². The second-order valence-corrected chi connectivity index (χ2v) is 4.48. The summed E-state index contributed by atoms with van der Waals surface area (Å²) in [5.41, 5.74) is 2.68. The monoisotopic (exact) mass is 301 g/mol. The third kappa shape index (κ3) is 3.88. The molecule has 0 saturated heterocycles. The summed E-state index contributed by atoms with van der Waals surface area (Å²) in [7, 11) is 0. The number of benzene rings is 2. The van der Waals surface area contributed by atoms with Gasteiger partial charge in [-0.2, -0.15) is 13.2 Å². The first-order valence-corrected chi connectivity index (χ1v) is 6.13. The van der Waals surface area contributed by atoms with Crippen LogP contribution < -0.4 is 5.48 Å². The Morgan fingerprint density at radius 1 is 1.05 bits per heavy atom. The van der Waals surface area contributed by atoms with E-state index in [1.54, 1.807) is 0 Å². The van der Waals surface area contributed by atoms with Gasteiger partial charge in [0, 0.05) is 0 Å². The van der Waals surface area contributed by atoms with Gasteiger partial charge in [-0.05, 0) is 23.8 Å². The van der Waals surface area contributed by atoms with Crippen molar-refractivity contribution in [2.45, 2.75) is 12.8 Å². The lowest BCUT2D eigenvalue weighted by Gasteiger charge is -2.12. The van der Waals surface area contributed by atoms with Gasteiger partial charge < -0.3 is 0 Å². The van der Waals surface area contributed by atoms with Gasteiger partial charge in [-0.3, -0.25) is 10.3 Å². The van der Waals surface area contributed by atoms with Gasteiger partial charge in [0.05, 0.1) is 22.9 Å². The fraction of sp³-hybridized carbons (Fsp3) is 0.143. The van der Waals surface area contributed by atoms with Crippen molar-refractivity contribution in [2.75, 3.05) is 5.48 Å². The zero-order valence-corrected chi connectivity index (χ0v) is 11.0. The van der Waals surface area contributed by atoms with Crippen LogP contribution in [0, 0.1) is 0 Å². The summed E-state index contributed by atoms with van der Waals surface area (Å²) in [6.07, 6.45) is -4.49. The highest BCUT2D eigenvalue weighted by molar-refractivity contribution is 6.31. The van der Waals surface area contributed by atoms with E-state index in [-0.39, 0.29) is 17.3 Å². The molecule has 0 amide bonds. The first-order valence-electron chi connectivity index (χ1n) is 5.75. The average molecular weight is 302 g/mol. The van der Waals surface area contributed by atoms with E-state index in [0.29, 0.717) is 0 Å². The van der Waals surface area contributed by atoms with Crippen molar-refractivity contribution in [2.24, 2.45) is 0 Å². The third-order valence-corrected chi connectivity index (χ3v) is 2.87. The topological polar surface area (TPSA) is 21.3 Å². The quantitative estimate of drug-likeness (QED) is 0.811. The van der Waals surface area contributed by atoms with Crippen molar-refractivity contribution in [3.8, 4) is 0 Å². The maximum atomic E-state index is 12.7. The van der Waals surface area contributed by atoms with E-state index in [2.05, 4.69) is 5.48 Å². The molecule has 0 saturated carbocycles. The molecule has 0 atom stereocenters. The first-order chi connectivity index (χ1) is 9.47. The molecule has 2 nitrogen and oxygen atoms in total. The summed E-state index contributed by atoms with van der Waals surface area (Å²) in [5.74, 6) is 0. The summed E-state index contributed by atoms with van der Waals surface area (Å²) in [6.45, 7) is 0.241. The van der Waals surface area contributed by atoms with Crippen LogP contribution >= 0.6 is 11.6 Å². The van der Waals surface area contributed by atoms with Gasteiger partial charge in [-0.1, -0.05) is 41.9 Å². The Hall–Kier alpha value is -1.72. The van der Waals surface area contributed by atoms with E-state index in [4.69, 9.17) is 16.4 Å². The van der Waals surface area contributed by atoms with Crippen LogP contribution in [0.4, 0.5) is 18.9 Å². The molecule has 0 aliphatic rings. The van der Waals surface area contributed by atoms with Crippen molar-refractivity contribution in [1.82, 2.24) is 0 Å². The Morgan fingerprint density at radius 3 is 2.40 bits per heavy atom. The lowest BCUT2D eigenvalue weighted by molar-refractivity contribution is -0.137. The number of anilines is 1. The first kappa shape index (κ1) is 14.7. The minimum absolute atomic E-state index is 0.192. The number of rotatable bonds is 4. The number of alkyl halides is 3. The van der Waals surface area contributed by atoms with Crippen molar-refractivity contribution in [1.29, 1.82) is 0 Å². The van der Waals surface area contributed by atoms with Gasteiger partial charge in [0.25, 0.3) is 0 Å². The Morgan fingerprint density at radius 2 is 1.75 bits per heavy atom. The van der Waals surface area contributed by atoms with E-state index in [0.717, 1.165) is 11.6 Å². The normalized spacial score (nSPS) is 11.4. The van der Waals surface area contributed by atoms with Crippen molar-refractivity contribution < 1.29 is 18.0 Å². The zero-order valence-electron chi connectivity index (χ0n) is 10.2. The highest BCUT2D eigenvalue weighted by atomic mass is 35.5. The van der Waals surface area contributed by atoms with E-state index < -0.39 is 11.7 Å². The molecule has 0 aromatic heterocycles. The summed E-state index contributed by atoms with van der Waals surface area (Å²) < 4.78 is 38.0. The second-order valence-electron chi connectivity index (χ2n) is 4.07. The van der Waals surface area contributed by atoms with Gasteiger partial charge >= 0.3 is 6.18 Å². The van der Waals surface area contributed by atoms with Crippen LogP contribution in [-0.4, -0.2) is 0 Å². The van der Waals surface area contributed by atoms with Crippen molar-refractivity contribution in [3.63, 3.8) is 0 Å². The molecule has 0 fully saturated rings. The maximum absolute atomic E-state index is 12.7. The summed E-state index contributed by atoms with van der Waals surface area (Å²) in [5, 5.41) is -0.342. The Bertz CT molecular complexity index is 572. The maximum Gasteiger partial charge on any atom is 0.417 e. The number of hydrogen-bond donors (Lipinski definition) is 1. The van der Waals surface area contributed by atoms with Gasteiger partial charge in [-0.25, -0.2) is 0 Å². The van der Waals surface area contributed by atoms with E-state index in [9.17, 15) is 13.2 Å². The molecule has 6 heteroatoms. The Labute approximate surface area is 119 Å². The van der Waals surface area contributed by atoms with Gasteiger partial charge in [0.1, 0.15) is 0 Å². The molecule has 0 spiro atoms. The van der Waals surface area contributed by atoms with E-state index in [1.165, 1.54) is 12.1 Å². The molecule has 0 unspecified atom stereocenters. The molecule has 0 aliphatic heterocycles. The van der Waals surface area contributed by atoms with Gasteiger partial charge in [0.15, 0.2) is 0 Å². The highest BCUT2D eigenvalue weighted by Gasteiger charge is 2.33. The number of hydrogen-bond acceptors (Lipinski definition) is 2. The third-order valence-electron chi connectivity index (χ3n) is 2.54. The van der Waals surface area contributed by atoms with Gasteiger partial charge in [-0.15, -0.1) is 0 Å². The van der Waals surface area contributed by atoms with Crippen LogP contribution in [0.2, 0.25) is 5.02 Å². The van der Waals surface area contributed by atoms with Crippen LogP contribution in [0.3, 0.4) is 0 Å². The molecule has 1 N–H and O–H groups in total. The minimum atomic E-state index is -4.49.